The fourth-order valence-corrected chi connectivity index (χ4v) is 4.47. The lowest BCUT2D eigenvalue weighted by molar-refractivity contribution is 0.600. The molecule has 1 aliphatic rings. The molecule has 0 radical (unpaired) electrons. The van der Waals surface area contributed by atoms with E-state index in [-0.39, 0.29) is 17.5 Å². The van der Waals surface area contributed by atoms with Gasteiger partial charge >= 0.3 is 0 Å². The third kappa shape index (κ3) is 2.10. The normalized spacial score (nSPS) is 21.9. The van der Waals surface area contributed by atoms with Crippen LogP contribution < -0.4 is 4.90 Å². The lowest BCUT2D eigenvalue weighted by Gasteiger charge is -2.24. The molecule has 0 amide bonds. The van der Waals surface area contributed by atoms with Crippen molar-refractivity contribution in [3.63, 3.8) is 0 Å². The SMILES string of the molecule is CN(c1nc2ccccc2n1C)C1CCS(=O)(=O)C1. The maximum absolute atomic E-state index is 11.6. The summed E-state index contributed by atoms with van der Waals surface area (Å²) >= 11 is 0. The largest absolute Gasteiger partial charge is 0.341 e. The van der Waals surface area contributed by atoms with Crippen LogP contribution in [0.1, 0.15) is 6.42 Å². The summed E-state index contributed by atoms with van der Waals surface area (Å²) in [5.74, 6) is 1.34. The van der Waals surface area contributed by atoms with E-state index in [0.29, 0.717) is 6.42 Å². The number of fused-ring (bicyclic) bond motifs is 1. The summed E-state index contributed by atoms with van der Waals surface area (Å²) in [4.78, 5) is 6.59. The van der Waals surface area contributed by atoms with Crippen molar-refractivity contribution >= 4 is 26.8 Å². The second kappa shape index (κ2) is 4.23. The number of para-hydroxylation sites is 2. The maximum atomic E-state index is 11.6. The van der Waals surface area contributed by atoms with Gasteiger partial charge < -0.3 is 9.47 Å². The number of anilines is 1. The molecule has 0 N–H and O–H groups in total. The summed E-state index contributed by atoms with van der Waals surface area (Å²) in [6, 6.07) is 7.95. The Balaban J connectivity index is 1.98. The molecule has 2 aromatic rings. The molecule has 1 aromatic heterocycles. The average Bonchev–Trinajstić information content (AvgIpc) is 2.90. The van der Waals surface area contributed by atoms with Crippen molar-refractivity contribution in [1.29, 1.82) is 0 Å². The Hall–Kier alpha value is -1.56. The van der Waals surface area contributed by atoms with Crippen LogP contribution in [-0.2, 0) is 16.9 Å². The van der Waals surface area contributed by atoms with Crippen LogP contribution in [0.3, 0.4) is 0 Å². The number of aromatic nitrogens is 2. The van der Waals surface area contributed by atoms with Gasteiger partial charge in [0.05, 0.1) is 22.5 Å². The van der Waals surface area contributed by atoms with Crippen LogP contribution in [0.2, 0.25) is 0 Å². The van der Waals surface area contributed by atoms with Gasteiger partial charge in [0.1, 0.15) is 0 Å². The van der Waals surface area contributed by atoms with E-state index in [0.717, 1.165) is 17.0 Å². The topological polar surface area (TPSA) is 55.2 Å². The van der Waals surface area contributed by atoms with Gasteiger partial charge in [-0.15, -0.1) is 0 Å². The van der Waals surface area contributed by atoms with Gasteiger partial charge in [0.25, 0.3) is 0 Å². The van der Waals surface area contributed by atoms with Gasteiger partial charge in [0, 0.05) is 20.1 Å². The minimum atomic E-state index is -2.87. The van der Waals surface area contributed by atoms with Gasteiger partial charge in [-0.1, -0.05) is 12.1 Å². The van der Waals surface area contributed by atoms with E-state index in [1.54, 1.807) is 0 Å². The summed E-state index contributed by atoms with van der Waals surface area (Å²) in [5.41, 5.74) is 2.00. The zero-order valence-electron chi connectivity index (χ0n) is 11.1. The van der Waals surface area contributed by atoms with Crippen molar-refractivity contribution in [2.75, 3.05) is 23.5 Å². The summed E-state index contributed by atoms with van der Waals surface area (Å²) in [6.07, 6.45) is 0.683. The first-order valence-electron chi connectivity index (χ1n) is 6.33. The van der Waals surface area contributed by atoms with E-state index >= 15 is 0 Å². The Labute approximate surface area is 112 Å². The number of benzene rings is 1. The highest BCUT2D eigenvalue weighted by molar-refractivity contribution is 7.91. The molecule has 19 heavy (non-hydrogen) atoms. The number of hydrogen-bond donors (Lipinski definition) is 0. The molecular weight excluding hydrogens is 262 g/mol. The molecule has 0 aliphatic carbocycles. The minimum Gasteiger partial charge on any atom is -0.341 e. The first-order chi connectivity index (χ1) is 8.98. The zero-order chi connectivity index (χ0) is 13.6. The van der Waals surface area contributed by atoms with Gasteiger partial charge in [-0.05, 0) is 18.6 Å². The van der Waals surface area contributed by atoms with Crippen LogP contribution in [0.4, 0.5) is 5.95 Å². The first kappa shape index (κ1) is 12.5. The summed E-state index contributed by atoms with van der Waals surface area (Å²) < 4.78 is 25.2. The van der Waals surface area contributed by atoms with E-state index in [1.807, 2.05) is 47.8 Å². The van der Waals surface area contributed by atoms with Crippen LogP contribution in [0, 0.1) is 0 Å². The Kier molecular flexibility index (Phi) is 2.78. The number of sulfone groups is 1. The van der Waals surface area contributed by atoms with E-state index in [9.17, 15) is 8.42 Å². The van der Waals surface area contributed by atoms with Crippen molar-refractivity contribution in [2.24, 2.45) is 7.05 Å². The van der Waals surface area contributed by atoms with E-state index in [2.05, 4.69) is 4.98 Å². The summed E-state index contributed by atoms with van der Waals surface area (Å²) in [6.45, 7) is 0. The predicted molar refractivity (Wildman–Crippen MR) is 76.2 cm³/mol. The third-order valence-corrected chi connectivity index (χ3v) is 5.59. The van der Waals surface area contributed by atoms with Crippen molar-refractivity contribution in [3.8, 4) is 0 Å². The summed E-state index contributed by atoms with van der Waals surface area (Å²) in [5, 5.41) is 0. The van der Waals surface area contributed by atoms with Crippen molar-refractivity contribution in [1.82, 2.24) is 9.55 Å². The fourth-order valence-electron chi connectivity index (χ4n) is 2.69. The highest BCUT2D eigenvalue weighted by Gasteiger charge is 2.32. The van der Waals surface area contributed by atoms with E-state index in [4.69, 9.17) is 0 Å². The molecule has 1 unspecified atom stereocenters. The molecule has 1 fully saturated rings. The van der Waals surface area contributed by atoms with Gasteiger partial charge in [-0.2, -0.15) is 0 Å². The standard InChI is InChI=1S/C13H17N3O2S/c1-15(10-7-8-19(17,18)9-10)13-14-11-5-3-4-6-12(11)16(13)2/h3-6,10H,7-9H2,1-2H3. The van der Waals surface area contributed by atoms with Crippen LogP contribution >= 0.6 is 0 Å². The zero-order valence-corrected chi connectivity index (χ0v) is 11.9. The highest BCUT2D eigenvalue weighted by Crippen LogP contribution is 2.25. The predicted octanol–water partition coefficient (Wildman–Crippen LogP) is 1.20. The average molecular weight is 279 g/mol. The number of hydrogen-bond acceptors (Lipinski definition) is 4. The molecule has 1 saturated heterocycles. The second-order valence-electron chi connectivity index (χ2n) is 5.13. The number of aryl methyl sites for hydroxylation is 1. The lowest BCUT2D eigenvalue weighted by Crippen LogP contribution is -2.34. The second-order valence-corrected chi connectivity index (χ2v) is 7.36. The molecule has 1 aliphatic heterocycles. The van der Waals surface area contributed by atoms with Gasteiger partial charge in [0.15, 0.2) is 9.84 Å². The van der Waals surface area contributed by atoms with Crippen LogP contribution in [0.5, 0.6) is 0 Å². The minimum absolute atomic E-state index is 0.0283. The monoisotopic (exact) mass is 279 g/mol. The van der Waals surface area contributed by atoms with Crippen LogP contribution in [-0.4, -0.2) is 42.6 Å². The van der Waals surface area contributed by atoms with Crippen LogP contribution in [0.25, 0.3) is 11.0 Å². The van der Waals surface area contributed by atoms with Gasteiger partial charge in [0.2, 0.25) is 5.95 Å². The smallest absolute Gasteiger partial charge is 0.206 e. The molecule has 0 saturated carbocycles. The van der Waals surface area contributed by atoms with Crippen LogP contribution in [0.15, 0.2) is 24.3 Å². The van der Waals surface area contributed by atoms with Crippen molar-refractivity contribution in [2.45, 2.75) is 12.5 Å². The molecule has 5 nitrogen and oxygen atoms in total. The van der Waals surface area contributed by atoms with E-state index in [1.165, 1.54) is 0 Å². The molecule has 102 valence electrons. The Bertz CT molecular complexity index is 721. The quantitative estimate of drug-likeness (QED) is 0.829. The molecule has 3 rings (SSSR count). The summed E-state index contributed by atoms with van der Waals surface area (Å²) in [7, 11) is 1.02. The molecule has 1 atom stereocenters. The highest BCUT2D eigenvalue weighted by atomic mass is 32.2. The van der Waals surface area contributed by atoms with Crippen molar-refractivity contribution in [3.05, 3.63) is 24.3 Å². The number of rotatable bonds is 2. The third-order valence-electron chi connectivity index (χ3n) is 3.84. The lowest BCUT2D eigenvalue weighted by atomic mass is 10.2. The van der Waals surface area contributed by atoms with Crippen molar-refractivity contribution < 1.29 is 8.42 Å². The molecule has 0 bridgehead atoms. The molecule has 0 spiro atoms. The Morgan fingerprint density at radius 2 is 2.11 bits per heavy atom. The Morgan fingerprint density at radius 1 is 1.37 bits per heavy atom. The van der Waals surface area contributed by atoms with Gasteiger partial charge in [-0.25, -0.2) is 13.4 Å². The number of imidazole rings is 1. The Morgan fingerprint density at radius 3 is 2.74 bits per heavy atom. The van der Waals surface area contributed by atoms with E-state index < -0.39 is 9.84 Å². The molecule has 2 heterocycles. The molecule has 1 aromatic carbocycles. The molecular formula is C13H17N3O2S. The van der Waals surface area contributed by atoms with Gasteiger partial charge in [-0.3, -0.25) is 0 Å². The maximum Gasteiger partial charge on any atom is 0.206 e. The fraction of sp³-hybridized carbons (Fsp3) is 0.462. The first-order valence-corrected chi connectivity index (χ1v) is 8.15. The molecule has 6 heteroatoms. The number of nitrogens with zero attached hydrogens (tertiary/aromatic N) is 3.